The molecule has 0 N–H and O–H groups in total. The number of hydrogen-bond acceptors (Lipinski definition) is 6. The molecule has 0 spiro atoms. The first kappa shape index (κ1) is 22.5. The van der Waals surface area contributed by atoms with Crippen LogP contribution in [-0.2, 0) is 11.2 Å². The molecule has 0 unspecified atom stereocenters. The van der Waals surface area contributed by atoms with Crippen LogP contribution in [0.1, 0.15) is 11.3 Å². The van der Waals surface area contributed by atoms with Crippen molar-refractivity contribution in [3.63, 3.8) is 0 Å². The molecule has 0 radical (unpaired) electrons. The van der Waals surface area contributed by atoms with Crippen molar-refractivity contribution in [2.75, 3.05) is 20.8 Å². The predicted octanol–water partition coefficient (Wildman–Crippen LogP) is 6.06. The zero-order valence-corrected chi connectivity index (χ0v) is 19.9. The van der Waals surface area contributed by atoms with E-state index in [2.05, 4.69) is 0 Å². The van der Waals surface area contributed by atoms with Crippen molar-refractivity contribution in [3.8, 4) is 22.8 Å². The van der Waals surface area contributed by atoms with Crippen molar-refractivity contribution in [1.82, 2.24) is 4.90 Å². The fraction of sp³-hybridized carbons (Fsp3) is 0.167. The van der Waals surface area contributed by atoms with Crippen molar-refractivity contribution in [1.29, 1.82) is 0 Å². The summed E-state index contributed by atoms with van der Waals surface area (Å²) in [6.45, 7) is 0.476. The summed E-state index contributed by atoms with van der Waals surface area (Å²) in [5, 5.41) is 0.635. The molecule has 1 fully saturated rings. The number of hydrogen-bond donors (Lipinski definition) is 0. The molecular weight excluding hydrogens is 466 g/mol. The van der Waals surface area contributed by atoms with E-state index in [1.807, 2.05) is 54.6 Å². The Morgan fingerprint density at radius 2 is 1.91 bits per heavy atom. The zero-order chi connectivity index (χ0) is 22.7. The third-order valence-electron chi connectivity index (χ3n) is 4.95. The average Bonchev–Trinajstić information content (AvgIpc) is 3.36. The van der Waals surface area contributed by atoms with E-state index in [4.69, 9.17) is 37.7 Å². The summed E-state index contributed by atoms with van der Waals surface area (Å²) in [7, 11) is 3.20. The molecule has 5 nitrogen and oxygen atoms in total. The second kappa shape index (κ2) is 9.81. The maximum atomic E-state index is 12.9. The Hall–Kier alpha value is -2.74. The number of amides is 1. The molecule has 0 saturated carbocycles. The van der Waals surface area contributed by atoms with Gasteiger partial charge in [-0.05, 0) is 48.4 Å². The highest BCUT2D eigenvalue weighted by Gasteiger charge is 2.32. The van der Waals surface area contributed by atoms with E-state index in [0.717, 1.165) is 11.1 Å². The number of halogens is 1. The molecule has 2 aromatic carbocycles. The number of rotatable bonds is 7. The zero-order valence-electron chi connectivity index (χ0n) is 17.5. The number of thioether (sulfide) groups is 1. The van der Waals surface area contributed by atoms with Gasteiger partial charge in [-0.1, -0.05) is 53.8 Å². The molecule has 1 saturated heterocycles. The van der Waals surface area contributed by atoms with Gasteiger partial charge in [0.25, 0.3) is 5.91 Å². The fourth-order valence-corrected chi connectivity index (χ4v) is 4.81. The van der Waals surface area contributed by atoms with E-state index in [-0.39, 0.29) is 5.91 Å². The number of carbonyl (C=O) groups excluding carboxylic acids is 1. The number of ether oxygens (including phenoxy) is 2. The van der Waals surface area contributed by atoms with Crippen LogP contribution < -0.4 is 9.47 Å². The minimum Gasteiger partial charge on any atom is -0.493 e. The van der Waals surface area contributed by atoms with Crippen LogP contribution in [0.25, 0.3) is 17.4 Å². The highest BCUT2D eigenvalue weighted by Crippen LogP contribution is 2.34. The Labute approximate surface area is 200 Å². The van der Waals surface area contributed by atoms with Gasteiger partial charge < -0.3 is 13.9 Å². The first-order chi connectivity index (χ1) is 15.5. The molecule has 32 heavy (non-hydrogen) atoms. The summed E-state index contributed by atoms with van der Waals surface area (Å²) in [6.07, 6.45) is 2.36. The van der Waals surface area contributed by atoms with Crippen molar-refractivity contribution < 1.29 is 18.7 Å². The number of thiocarbonyl (C=S) groups is 1. The van der Waals surface area contributed by atoms with Gasteiger partial charge in [0.15, 0.2) is 11.5 Å². The molecule has 3 aromatic rings. The van der Waals surface area contributed by atoms with Gasteiger partial charge in [0.2, 0.25) is 0 Å². The molecule has 2 heterocycles. The summed E-state index contributed by atoms with van der Waals surface area (Å²) >= 11 is 12.8. The van der Waals surface area contributed by atoms with E-state index in [1.165, 1.54) is 11.8 Å². The van der Waals surface area contributed by atoms with Crippen LogP contribution in [0.4, 0.5) is 0 Å². The normalized spacial score (nSPS) is 15.0. The molecule has 8 heteroatoms. The lowest BCUT2D eigenvalue weighted by atomic mass is 10.1. The standard InChI is InChI=1S/C24H20ClNO4S2/c1-28-20-8-6-15(12-21(20)29-2)10-11-26-23(27)22(32-24(26)31)14-18-7-9-19(30-18)16-4-3-5-17(25)13-16/h3-9,12-14H,10-11H2,1-2H3. The van der Waals surface area contributed by atoms with E-state index in [0.29, 0.717) is 50.2 Å². The van der Waals surface area contributed by atoms with Crippen LogP contribution in [-0.4, -0.2) is 35.9 Å². The largest absolute Gasteiger partial charge is 0.493 e. The molecule has 1 aliphatic heterocycles. The van der Waals surface area contributed by atoms with E-state index in [1.54, 1.807) is 25.2 Å². The molecule has 0 atom stereocenters. The summed E-state index contributed by atoms with van der Waals surface area (Å²) in [5.41, 5.74) is 1.90. The molecule has 1 aromatic heterocycles. The molecule has 1 amide bonds. The highest BCUT2D eigenvalue weighted by molar-refractivity contribution is 8.26. The second-order valence-electron chi connectivity index (χ2n) is 6.99. The van der Waals surface area contributed by atoms with Crippen LogP contribution in [0, 0.1) is 0 Å². The van der Waals surface area contributed by atoms with Gasteiger partial charge in [0.05, 0.1) is 19.1 Å². The van der Waals surface area contributed by atoms with Gasteiger partial charge >= 0.3 is 0 Å². The van der Waals surface area contributed by atoms with Gasteiger partial charge in [-0.25, -0.2) is 0 Å². The Morgan fingerprint density at radius 1 is 1.09 bits per heavy atom. The molecule has 164 valence electrons. The van der Waals surface area contributed by atoms with Crippen molar-refractivity contribution in [2.45, 2.75) is 6.42 Å². The van der Waals surface area contributed by atoms with Gasteiger partial charge in [-0.2, -0.15) is 0 Å². The fourth-order valence-electron chi connectivity index (χ4n) is 3.33. The van der Waals surface area contributed by atoms with Crippen LogP contribution in [0.3, 0.4) is 0 Å². The number of carbonyl (C=O) groups is 1. The monoisotopic (exact) mass is 485 g/mol. The first-order valence-corrected chi connectivity index (χ1v) is 11.4. The van der Waals surface area contributed by atoms with E-state index >= 15 is 0 Å². The summed E-state index contributed by atoms with van der Waals surface area (Å²) in [5.74, 6) is 2.47. The molecule has 4 rings (SSSR count). The number of furan rings is 1. The first-order valence-electron chi connectivity index (χ1n) is 9.80. The van der Waals surface area contributed by atoms with Crippen LogP contribution in [0.5, 0.6) is 11.5 Å². The summed E-state index contributed by atoms with van der Waals surface area (Å²) in [6, 6.07) is 16.8. The Kier molecular flexibility index (Phi) is 6.89. The van der Waals surface area contributed by atoms with E-state index < -0.39 is 0 Å². The third-order valence-corrected chi connectivity index (χ3v) is 6.57. The quantitative estimate of drug-likeness (QED) is 0.299. The van der Waals surface area contributed by atoms with Gasteiger partial charge in [-0.15, -0.1) is 0 Å². The molecule has 0 aliphatic carbocycles. The number of nitrogens with zero attached hydrogens (tertiary/aromatic N) is 1. The molecular formula is C24H20ClNO4S2. The van der Waals surface area contributed by atoms with Crippen molar-refractivity contribution in [2.24, 2.45) is 0 Å². The predicted molar refractivity (Wildman–Crippen MR) is 132 cm³/mol. The van der Waals surface area contributed by atoms with Crippen molar-refractivity contribution >= 4 is 51.9 Å². The summed E-state index contributed by atoms with van der Waals surface area (Å²) < 4.78 is 17.1. The van der Waals surface area contributed by atoms with Crippen molar-refractivity contribution in [3.05, 3.63) is 75.8 Å². The minimum atomic E-state index is -0.124. The maximum absolute atomic E-state index is 12.9. The van der Waals surface area contributed by atoms with Gasteiger partial charge in [0.1, 0.15) is 15.8 Å². The lowest BCUT2D eigenvalue weighted by molar-refractivity contribution is -0.122. The third kappa shape index (κ3) is 4.85. The molecule has 1 aliphatic rings. The van der Waals surface area contributed by atoms with E-state index in [9.17, 15) is 4.79 Å². The van der Waals surface area contributed by atoms with Gasteiger partial charge in [-0.3, -0.25) is 9.69 Å². The smallest absolute Gasteiger partial charge is 0.266 e. The lowest BCUT2D eigenvalue weighted by Crippen LogP contribution is -2.30. The van der Waals surface area contributed by atoms with Crippen LogP contribution in [0.2, 0.25) is 5.02 Å². The lowest BCUT2D eigenvalue weighted by Gasteiger charge is -2.15. The SMILES string of the molecule is COc1ccc(CCN2C(=O)C(=Cc3ccc(-c4cccc(Cl)c4)o3)SC2=S)cc1OC. The topological polar surface area (TPSA) is 51.9 Å². The number of benzene rings is 2. The number of methoxy groups -OCH3 is 2. The van der Waals surface area contributed by atoms with Crippen LogP contribution >= 0.6 is 35.6 Å². The molecule has 0 bridgehead atoms. The second-order valence-corrected chi connectivity index (χ2v) is 9.10. The van der Waals surface area contributed by atoms with Crippen LogP contribution in [0.15, 0.2) is 63.9 Å². The Morgan fingerprint density at radius 3 is 2.66 bits per heavy atom. The highest BCUT2D eigenvalue weighted by atomic mass is 35.5. The Bertz CT molecular complexity index is 1200. The van der Waals surface area contributed by atoms with Gasteiger partial charge in [0, 0.05) is 23.2 Å². The maximum Gasteiger partial charge on any atom is 0.266 e. The Balaban J connectivity index is 1.45. The average molecular weight is 486 g/mol. The minimum absolute atomic E-state index is 0.124. The summed E-state index contributed by atoms with van der Waals surface area (Å²) in [4.78, 5) is 15.1.